The van der Waals surface area contributed by atoms with E-state index in [0.29, 0.717) is 15.6 Å². The van der Waals surface area contributed by atoms with Gasteiger partial charge in [0.05, 0.1) is 5.69 Å². The second kappa shape index (κ2) is 6.56. The summed E-state index contributed by atoms with van der Waals surface area (Å²) in [4.78, 5) is 18.9. The maximum Gasteiger partial charge on any atom is 0.265 e. The molecule has 0 aliphatic heterocycles. The first-order chi connectivity index (χ1) is 9.40. The zero-order chi connectivity index (χ0) is 14.9. The fourth-order valence-electron chi connectivity index (χ4n) is 1.55. The summed E-state index contributed by atoms with van der Waals surface area (Å²) in [5, 5.41) is 1.47. The molecule has 2 rings (SSSR count). The Hall–Kier alpha value is -0.430. The van der Waals surface area contributed by atoms with E-state index in [0.717, 1.165) is 10.6 Å². The standard InChI is InChI=1S/C13H11Br2ClN2OS/c1-18(2)13(19)10-9(11(14)15)17-12(20-10)7-3-5-8(16)6-4-7/h3-6,11H,1-2H3. The molecule has 0 spiro atoms. The summed E-state index contributed by atoms with van der Waals surface area (Å²) in [6.45, 7) is 0. The van der Waals surface area contributed by atoms with Gasteiger partial charge in [-0.3, -0.25) is 4.79 Å². The minimum Gasteiger partial charge on any atom is -0.344 e. The number of hydrogen-bond donors (Lipinski definition) is 0. The zero-order valence-corrected chi connectivity index (χ0v) is 15.5. The first kappa shape index (κ1) is 15.9. The van der Waals surface area contributed by atoms with Crippen molar-refractivity contribution in [1.29, 1.82) is 0 Å². The van der Waals surface area contributed by atoms with Crippen molar-refractivity contribution in [3.05, 3.63) is 39.9 Å². The Morgan fingerprint density at radius 1 is 1.30 bits per heavy atom. The highest BCUT2D eigenvalue weighted by atomic mass is 79.9. The van der Waals surface area contributed by atoms with Gasteiger partial charge in [-0.05, 0) is 12.1 Å². The number of thiazole rings is 1. The number of nitrogens with zero attached hydrogens (tertiary/aromatic N) is 2. The lowest BCUT2D eigenvalue weighted by molar-refractivity contribution is 0.0831. The Morgan fingerprint density at radius 3 is 2.40 bits per heavy atom. The van der Waals surface area contributed by atoms with E-state index in [1.54, 1.807) is 19.0 Å². The lowest BCUT2D eigenvalue weighted by Crippen LogP contribution is -2.21. The molecule has 0 aliphatic carbocycles. The quantitative estimate of drug-likeness (QED) is 0.635. The van der Waals surface area contributed by atoms with Gasteiger partial charge in [-0.25, -0.2) is 4.98 Å². The van der Waals surface area contributed by atoms with Crippen molar-refractivity contribution in [2.45, 2.75) is 3.74 Å². The maximum atomic E-state index is 12.2. The molecule has 0 fully saturated rings. The topological polar surface area (TPSA) is 33.2 Å². The van der Waals surface area contributed by atoms with Crippen molar-refractivity contribution in [3.8, 4) is 10.6 Å². The molecule has 3 nitrogen and oxygen atoms in total. The van der Waals surface area contributed by atoms with Crippen LogP contribution in [0, 0.1) is 0 Å². The first-order valence-corrected chi connectivity index (χ1v) is 8.69. The van der Waals surface area contributed by atoms with E-state index in [-0.39, 0.29) is 9.64 Å². The van der Waals surface area contributed by atoms with Gasteiger partial charge < -0.3 is 4.90 Å². The van der Waals surface area contributed by atoms with Crippen LogP contribution >= 0.6 is 54.8 Å². The molecular formula is C13H11Br2ClN2OS. The lowest BCUT2D eigenvalue weighted by atomic mass is 10.2. The molecule has 106 valence electrons. The number of carbonyl (C=O) groups is 1. The SMILES string of the molecule is CN(C)C(=O)c1sc(-c2ccc(Cl)cc2)nc1C(Br)Br. The van der Waals surface area contributed by atoms with Gasteiger partial charge in [0.15, 0.2) is 0 Å². The monoisotopic (exact) mass is 436 g/mol. The Kier molecular flexibility index (Phi) is 5.23. The molecule has 0 bridgehead atoms. The summed E-state index contributed by atoms with van der Waals surface area (Å²) >= 11 is 14.1. The van der Waals surface area contributed by atoms with Crippen molar-refractivity contribution < 1.29 is 4.79 Å². The normalized spacial score (nSPS) is 10.9. The predicted octanol–water partition coefficient (Wildman–Crippen LogP) is 4.95. The van der Waals surface area contributed by atoms with Crippen LogP contribution < -0.4 is 0 Å². The maximum absolute atomic E-state index is 12.2. The molecule has 0 saturated heterocycles. The average Bonchev–Trinajstić information content (AvgIpc) is 2.83. The van der Waals surface area contributed by atoms with Crippen LogP contribution in [0.5, 0.6) is 0 Å². The molecule has 7 heteroatoms. The number of alkyl halides is 2. The molecule has 1 aromatic carbocycles. The molecule has 0 unspecified atom stereocenters. The minimum atomic E-state index is -0.161. The molecule has 0 radical (unpaired) electrons. The highest BCUT2D eigenvalue weighted by molar-refractivity contribution is 9.24. The fraction of sp³-hybridized carbons (Fsp3) is 0.231. The van der Waals surface area contributed by atoms with E-state index in [2.05, 4.69) is 36.8 Å². The van der Waals surface area contributed by atoms with Crippen LogP contribution in [0.4, 0.5) is 0 Å². The molecule has 1 heterocycles. The van der Waals surface area contributed by atoms with Crippen LogP contribution in [0.3, 0.4) is 0 Å². The summed E-state index contributed by atoms with van der Waals surface area (Å²) in [7, 11) is 3.45. The molecule has 0 atom stereocenters. The van der Waals surface area contributed by atoms with Gasteiger partial charge in [0.1, 0.15) is 13.6 Å². The first-order valence-electron chi connectivity index (χ1n) is 5.66. The molecule has 2 aromatic rings. The number of halogens is 3. The van der Waals surface area contributed by atoms with Gasteiger partial charge in [-0.15, -0.1) is 11.3 Å². The molecule has 20 heavy (non-hydrogen) atoms. The Balaban J connectivity index is 2.49. The fourth-order valence-corrected chi connectivity index (χ4v) is 3.77. The third-order valence-corrected chi connectivity index (χ3v) is 4.78. The zero-order valence-electron chi connectivity index (χ0n) is 10.7. The van der Waals surface area contributed by atoms with Crippen LogP contribution in [0.15, 0.2) is 24.3 Å². The van der Waals surface area contributed by atoms with E-state index < -0.39 is 0 Å². The van der Waals surface area contributed by atoms with E-state index in [1.807, 2.05) is 24.3 Å². The van der Waals surface area contributed by atoms with Gasteiger partial charge >= 0.3 is 0 Å². The molecule has 0 N–H and O–H groups in total. The van der Waals surface area contributed by atoms with Gasteiger partial charge in [0.2, 0.25) is 0 Å². The molecule has 0 saturated carbocycles. The van der Waals surface area contributed by atoms with Crippen molar-refractivity contribution in [2.24, 2.45) is 0 Å². The Bertz CT molecular complexity index is 626. The molecule has 1 aromatic heterocycles. The Morgan fingerprint density at radius 2 is 1.90 bits per heavy atom. The number of carbonyl (C=O) groups excluding carboxylic acids is 1. The second-order valence-electron chi connectivity index (χ2n) is 4.24. The van der Waals surface area contributed by atoms with Gasteiger partial charge in [-0.2, -0.15) is 0 Å². The molecule has 1 amide bonds. The summed E-state index contributed by atoms with van der Waals surface area (Å²) in [6, 6.07) is 7.41. The molecule has 0 aliphatic rings. The second-order valence-corrected chi connectivity index (χ2v) is 8.74. The van der Waals surface area contributed by atoms with Gasteiger partial charge in [0.25, 0.3) is 5.91 Å². The minimum absolute atomic E-state index is 0.0541. The smallest absolute Gasteiger partial charge is 0.265 e. The van der Waals surface area contributed by atoms with E-state index in [1.165, 1.54) is 11.3 Å². The van der Waals surface area contributed by atoms with Crippen molar-refractivity contribution in [2.75, 3.05) is 14.1 Å². The molecular weight excluding hydrogens is 427 g/mol. The Labute approximate surface area is 143 Å². The number of rotatable bonds is 3. The van der Waals surface area contributed by atoms with Crippen LogP contribution in [0.1, 0.15) is 19.1 Å². The number of aromatic nitrogens is 1. The van der Waals surface area contributed by atoms with Gasteiger partial charge in [-0.1, -0.05) is 55.6 Å². The summed E-state index contributed by atoms with van der Waals surface area (Å²) in [5.74, 6) is -0.0541. The average molecular weight is 439 g/mol. The van der Waals surface area contributed by atoms with Crippen LogP contribution in [-0.4, -0.2) is 29.9 Å². The van der Waals surface area contributed by atoms with Crippen molar-refractivity contribution in [1.82, 2.24) is 9.88 Å². The number of hydrogen-bond acceptors (Lipinski definition) is 3. The summed E-state index contributed by atoms with van der Waals surface area (Å²) in [5.41, 5.74) is 1.64. The van der Waals surface area contributed by atoms with Crippen molar-refractivity contribution >= 4 is 60.7 Å². The number of amides is 1. The third kappa shape index (κ3) is 3.42. The highest BCUT2D eigenvalue weighted by Gasteiger charge is 2.23. The van der Waals surface area contributed by atoms with Crippen LogP contribution in [-0.2, 0) is 0 Å². The van der Waals surface area contributed by atoms with Gasteiger partial charge in [0, 0.05) is 24.7 Å². The largest absolute Gasteiger partial charge is 0.344 e. The third-order valence-electron chi connectivity index (χ3n) is 2.55. The summed E-state index contributed by atoms with van der Waals surface area (Å²) in [6.07, 6.45) is 0. The highest BCUT2D eigenvalue weighted by Crippen LogP contribution is 2.38. The lowest BCUT2D eigenvalue weighted by Gasteiger charge is -2.09. The van der Waals surface area contributed by atoms with Crippen LogP contribution in [0.2, 0.25) is 5.02 Å². The predicted molar refractivity (Wildman–Crippen MR) is 91.2 cm³/mol. The van der Waals surface area contributed by atoms with E-state index in [4.69, 9.17) is 11.6 Å². The summed E-state index contributed by atoms with van der Waals surface area (Å²) < 4.78 is -0.161. The number of benzene rings is 1. The van der Waals surface area contributed by atoms with Crippen molar-refractivity contribution in [3.63, 3.8) is 0 Å². The van der Waals surface area contributed by atoms with E-state index in [9.17, 15) is 4.79 Å². The van der Waals surface area contributed by atoms with E-state index >= 15 is 0 Å². The van der Waals surface area contributed by atoms with Crippen LogP contribution in [0.25, 0.3) is 10.6 Å².